The van der Waals surface area contributed by atoms with Crippen LogP contribution in [0, 0.1) is 34.0 Å². The first-order chi connectivity index (χ1) is 13.0. The SMILES string of the molecule is C=C1C2CC(O)C3C45CCCC(C)(C)C4C(OC(C)=O)C(O)(OC5)C3(C2)C1O. The predicted octanol–water partition coefficient (Wildman–Crippen LogP) is 1.77. The number of rotatable bonds is 1. The maximum Gasteiger partial charge on any atom is 0.303 e. The lowest BCUT2D eigenvalue weighted by Crippen LogP contribution is -2.83. The molecule has 2 saturated heterocycles. The fourth-order valence-electron chi connectivity index (χ4n) is 8.52. The van der Waals surface area contributed by atoms with E-state index in [4.69, 9.17) is 9.47 Å². The Morgan fingerprint density at radius 2 is 1.96 bits per heavy atom. The van der Waals surface area contributed by atoms with Crippen LogP contribution in [0.5, 0.6) is 0 Å². The first-order valence-corrected chi connectivity index (χ1v) is 10.6. The van der Waals surface area contributed by atoms with Gasteiger partial charge < -0.3 is 24.8 Å². The number of hydrogen-bond donors (Lipinski definition) is 3. The van der Waals surface area contributed by atoms with Crippen molar-refractivity contribution in [3.63, 3.8) is 0 Å². The number of aliphatic hydroxyl groups is 3. The summed E-state index contributed by atoms with van der Waals surface area (Å²) in [6.07, 6.45) is 1.37. The third kappa shape index (κ3) is 1.87. The van der Waals surface area contributed by atoms with Gasteiger partial charge in [0.2, 0.25) is 5.79 Å². The zero-order valence-corrected chi connectivity index (χ0v) is 17.0. The molecule has 6 aliphatic rings. The molecule has 0 aromatic heterocycles. The highest BCUT2D eigenvalue weighted by Crippen LogP contribution is 2.77. The molecule has 9 unspecified atom stereocenters. The Labute approximate surface area is 165 Å². The highest BCUT2D eigenvalue weighted by molar-refractivity contribution is 5.66. The summed E-state index contributed by atoms with van der Waals surface area (Å²) < 4.78 is 12.0. The molecule has 2 spiro atoms. The van der Waals surface area contributed by atoms with Crippen molar-refractivity contribution in [3.05, 3.63) is 12.2 Å². The first kappa shape index (κ1) is 19.0. The highest BCUT2D eigenvalue weighted by Gasteiger charge is 2.84. The molecule has 0 aromatic carbocycles. The van der Waals surface area contributed by atoms with Gasteiger partial charge in [-0.1, -0.05) is 26.8 Å². The number of hydrogen-bond acceptors (Lipinski definition) is 6. The van der Waals surface area contributed by atoms with Gasteiger partial charge in [-0.3, -0.25) is 4.79 Å². The maximum atomic E-state index is 12.1. The fourth-order valence-corrected chi connectivity index (χ4v) is 8.52. The largest absolute Gasteiger partial charge is 0.456 e. The normalized spacial score (nSPS) is 56.1. The number of carbonyl (C=O) groups excluding carboxylic acids is 1. The van der Waals surface area contributed by atoms with Crippen molar-refractivity contribution >= 4 is 5.97 Å². The molecule has 6 nitrogen and oxygen atoms in total. The molecule has 2 heterocycles. The van der Waals surface area contributed by atoms with Crippen LogP contribution in [0.3, 0.4) is 0 Å². The molecule has 3 N–H and O–H groups in total. The van der Waals surface area contributed by atoms with Gasteiger partial charge in [-0.15, -0.1) is 0 Å². The number of carbonyl (C=O) groups is 1. The first-order valence-electron chi connectivity index (χ1n) is 10.6. The van der Waals surface area contributed by atoms with E-state index in [2.05, 4.69) is 20.4 Å². The molecule has 4 aliphatic carbocycles. The summed E-state index contributed by atoms with van der Waals surface area (Å²) in [5.74, 6) is -2.79. The summed E-state index contributed by atoms with van der Waals surface area (Å²) in [4.78, 5) is 12.1. The number of ether oxygens (including phenoxy) is 2. The molecule has 0 aromatic rings. The zero-order chi connectivity index (χ0) is 20.3. The second-order valence-corrected chi connectivity index (χ2v) is 10.8. The minimum Gasteiger partial charge on any atom is -0.456 e. The van der Waals surface area contributed by atoms with Crippen molar-refractivity contribution in [2.75, 3.05) is 6.61 Å². The average molecular weight is 392 g/mol. The minimum atomic E-state index is -1.83. The molecule has 0 amide bonds. The van der Waals surface area contributed by atoms with Gasteiger partial charge in [-0.25, -0.2) is 0 Å². The molecule has 2 aliphatic heterocycles. The van der Waals surface area contributed by atoms with E-state index in [1.54, 1.807) is 0 Å². The molecule has 4 saturated carbocycles. The Bertz CT molecular complexity index is 747. The van der Waals surface area contributed by atoms with Gasteiger partial charge in [-0.2, -0.15) is 0 Å². The Morgan fingerprint density at radius 3 is 2.64 bits per heavy atom. The van der Waals surface area contributed by atoms with E-state index in [9.17, 15) is 20.1 Å². The van der Waals surface area contributed by atoms with Crippen LogP contribution in [-0.2, 0) is 14.3 Å². The third-order valence-electron chi connectivity index (χ3n) is 9.17. The third-order valence-corrected chi connectivity index (χ3v) is 9.17. The number of fused-ring (bicyclic) bond motifs is 2. The Hall–Kier alpha value is -0.950. The second kappa shape index (κ2) is 5.39. The van der Waals surface area contributed by atoms with Crippen molar-refractivity contribution < 1.29 is 29.6 Å². The molecule has 6 rings (SSSR count). The molecule has 28 heavy (non-hydrogen) atoms. The van der Waals surface area contributed by atoms with Crippen LogP contribution >= 0.6 is 0 Å². The number of aliphatic hydroxyl groups excluding tert-OH is 2. The van der Waals surface area contributed by atoms with Gasteiger partial charge in [-0.05, 0) is 42.6 Å². The minimum absolute atomic E-state index is 0.0577. The molecule has 0 radical (unpaired) electrons. The quantitative estimate of drug-likeness (QED) is 0.465. The average Bonchev–Trinajstić information content (AvgIpc) is 2.78. The zero-order valence-electron chi connectivity index (χ0n) is 17.0. The molecule has 6 heteroatoms. The van der Waals surface area contributed by atoms with Crippen molar-refractivity contribution in [1.82, 2.24) is 0 Å². The van der Waals surface area contributed by atoms with Crippen LogP contribution in [-0.4, -0.2) is 52.0 Å². The number of esters is 1. The summed E-state index contributed by atoms with van der Waals surface area (Å²) in [5.41, 5.74) is -1.05. The van der Waals surface area contributed by atoms with Crippen LogP contribution in [0.1, 0.15) is 52.9 Å². The maximum absolute atomic E-state index is 12.1. The van der Waals surface area contributed by atoms with E-state index in [1.807, 2.05) is 0 Å². The summed E-state index contributed by atoms with van der Waals surface area (Å²) >= 11 is 0. The van der Waals surface area contributed by atoms with Gasteiger partial charge in [0.1, 0.15) is 0 Å². The van der Waals surface area contributed by atoms with Crippen molar-refractivity contribution in [2.45, 2.75) is 77.0 Å². The summed E-state index contributed by atoms with van der Waals surface area (Å²) in [5, 5.41) is 34.7. The van der Waals surface area contributed by atoms with Gasteiger partial charge >= 0.3 is 5.97 Å². The summed E-state index contributed by atoms with van der Waals surface area (Å²) in [6, 6.07) is 0. The predicted molar refractivity (Wildman–Crippen MR) is 99.8 cm³/mol. The van der Waals surface area contributed by atoms with Gasteiger partial charge in [0, 0.05) is 24.2 Å². The van der Waals surface area contributed by atoms with Crippen LogP contribution in [0.2, 0.25) is 0 Å². The molecular formula is C22H32O6. The van der Waals surface area contributed by atoms with Crippen molar-refractivity contribution in [3.8, 4) is 0 Å². The fraction of sp³-hybridized carbons (Fsp3) is 0.864. The molecule has 9 atom stereocenters. The van der Waals surface area contributed by atoms with Crippen LogP contribution < -0.4 is 0 Å². The van der Waals surface area contributed by atoms with Gasteiger partial charge in [0.05, 0.1) is 24.2 Å². The summed E-state index contributed by atoms with van der Waals surface area (Å²) in [6.45, 7) is 10.1. The topological polar surface area (TPSA) is 96.2 Å². The molecule has 156 valence electrons. The van der Waals surface area contributed by atoms with E-state index in [1.165, 1.54) is 6.92 Å². The van der Waals surface area contributed by atoms with Gasteiger partial charge in [0.15, 0.2) is 6.10 Å². The van der Waals surface area contributed by atoms with Crippen LogP contribution in [0.15, 0.2) is 12.2 Å². The van der Waals surface area contributed by atoms with Gasteiger partial charge in [0.25, 0.3) is 0 Å². The van der Waals surface area contributed by atoms with Crippen molar-refractivity contribution in [2.24, 2.45) is 34.0 Å². The lowest BCUT2D eigenvalue weighted by Gasteiger charge is -2.75. The Morgan fingerprint density at radius 1 is 1.25 bits per heavy atom. The Kier molecular flexibility index (Phi) is 3.67. The van der Waals surface area contributed by atoms with E-state index < -0.39 is 40.9 Å². The second-order valence-electron chi connectivity index (χ2n) is 10.8. The van der Waals surface area contributed by atoms with Crippen LogP contribution in [0.25, 0.3) is 0 Å². The smallest absolute Gasteiger partial charge is 0.303 e. The van der Waals surface area contributed by atoms with Crippen LogP contribution in [0.4, 0.5) is 0 Å². The van der Waals surface area contributed by atoms with E-state index in [0.29, 0.717) is 25.0 Å². The molecular weight excluding hydrogens is 360 g/mol. The highest BCUT2D eigenvalue weighted by atomic mass is 16.7. The monoisotopic (exact) mass is 392 g/mol. The van der Waals surface area contributed by atoms with E-state index in [0.717, 1.165) is 19.3 Å². The lowest BCUT2D eigenvalue weighted by atomic mass is 9.36. The summed E-state index contributed by atoms with van der Waals surface area (Å²) in [7, 11) is 0. The molecule has 6 fully saturated rings. The van der Waals surface area contributed by atoms with Crippen molar-refractivity contribution in [1.29, 1.82) is 0 Å². The standard InChI is InChI=1S/C22H32O6/c1-11-13-8-14(24)15-20-7-5-6-19(3,4)16(20)18(28-12(2)23)22(26,27-10-20)21(15,9-13)17(11)25/h13-18,24-26H,1,5-10H2,2-4H3. The van der Waals surface area contributed by atoms with E-state index in [-0.39, 0.29) is 23.2 Å². The lowest BCUT2D eigenvalue weighted by molar-refractivity contribution is -0.463. The molecule has 4 bridgehead atoms. The Balaban J connectivity index is 1.78. The van der Waals surface area contributed by atoms with E-state index >= 15 is 0 Å².